The predicted octanol–water partition coefficient (Wildman–Crippen LogP) is 1.52. The Bertz CT molecular complexity index is 765. The fourth-order valence-corrected chi connectivity index (χ4v) is 3.45. The number of methoxy groups -OCH3 is 2. The van der Waals surface area contributed by atoms with Gasteiger partial charge in [0.05, 0.1) is 26.3 Å². The van der Waals surface area contributed by atoms with Gasteiger partial charge in [0.2, 0.25) is 5.91 Å². The van der Waals surface area contributed by atoms with Crippen LogP contribution in [0.3, 0.4) is 0 Å². The SMILES string of the molecule is COc1ccc(CCNC(=O)[C@H]2CNC[C@@H]2c2cnn(C)c2)c(OC)c1.Cl. The van der Waals surface area contributed by atoms with Crippen LogP contribution in [0, 0.1) is 5.92 Å². The Labute approximate surface area is 165 Å². The molecule has 0 saturated carbocycles. The Morgan fingerprint density at radius 3 is 2.81 bits per heavy atom. The van der Waals surface area contributed by atoms with Gasteiger partial charge in [-0.25, -0.2) is 0 Å². The zero-order valence-corrected chi connectivity index (χ0v) is 16.7. The Kier molecular flexibility index (Phi) is 7.50. The summed E-state index contributed by atoms with van der Waals surface area (Å²) in [6.45, 7) is 2.06. The van der Waals surface area contributed by atoms with E-state index >= 15 is 0 Å². The maximum atomic E-state index is 12.7. The van der Waals surface area contributed by atoms with Gasteiger partial charge in [0.1, 0.15) is 11.5 Å². The number of ether oxygens (including phenoxy) is 2. The van der Waals surface area contributed by atoms with Crippen LogP contribution < -0.4 is 20.1 Å². The van der Waals surface area contributed by atoms with Gasteiger partial charge in [-0.15, -0.1) is 12.4 Å². The van der Waals surface area contributed by atoms with E-state index in [-0.39, 0.29) is 30.2 Å². The second kappa shape index (κ2) is 9.62. The second-order valence-corrected chi connectivity index (χ2v) is 6.54. The lowest BCUT2D eigenvalue weighted by Crippen LogP contribution is -2.35. The molecule has 1 aliphatic rings. The Morgan fingerprint density at radius 2 is 2.15 bits per heavy atom. The van der Waals surface area contributed by atoms with Gasteiger partial charge in [-0.05, 0) is 23.6 Å². The lowest BCUT2D eigenvalue weighted by Gasteiger charge is -2.17. The summed E-state index contributed by atoms with van der Waals surface area (Å²) in [6, 6.07) is 5.73. The number of hydrogen-bond donors (Lipinski definition) is 2. The van der Waals surface area contributed by atoms with Crippen molar-refractivity contribution >= 4 is 18.3 Å². The standard InChI is InChI=1S/C19H26N4O3.ClH/c1-23-12-14(9-22-23)16-10-20-11-17(16)19(24)21-7-6-13-4-5-15(25-2)8-18(13)26-3;/h4-5,8-9,12,16-17,20H,6-7,10-11H2,1-3H3,(H,21,24);1H/t16-,17+;/m1./s1. The van der Waals surface area contributed by atoms with Crippen LogP contribution in [0.5, 0.6) is 11.5 Å². The molecule has 8 heteroatoms. The number of nitrogens with one attached hydrogen (secondary N) is 2. The Morgan fingerprint density at radius 1 is 1.33 bits per heavy atom. The van der Waals surface area contributed by atoms with Crippen LogP contribution in [0.4, 0.5) is 0 Å². The quantitative estimate of drug-likeness (QED) is 0.744. The van der Waals surface area contributed by atoms with Crippen molar-refractivity contribution in [2.24, 2.45) is 13.0 Å². The third-order valence-corrected chi connectivity index (χ3v) is 4.89. The normalized spacial score (nSPS) is 18.6. The third-order valence-electron chi connectivity index (χ3n) is 4.89. The van der Waals surface area contributed by atoms with Gasteiger partial charge in [0.25, 0.3) is 0 Å². The molecule has 148 valence electrons. The van der Waals surface area contributed by atoms with Crippen molar-refractivity contribution in [3.63, 3.8) is 0 Å². The van der Waals surface area contributed by atoms with Gasteiger partial charge in [-0.1, -0.05) is 6.07 Å². The average molecular weight is 395 g/mol. The summed E-state index contributed by atoms with van der Waals surface area (Å²) in [5, 5.41) is 10.6. The van der Waals surface area contributed by atoms with E-state index in [9.17, 15) is 4.79 Å². The van der Waals surface area contributed by atoms with E-state index in [4.69, 9.17) is 9.47 Å². The van der Waals surface area contributed by atoms with Gasteiger partial charge in [-0.3, -0.25) is 9.48 Å². The highest BCUT2D eigenvalue weighted by Crippen LogP contribution is 2.28. The van der Waals surface area contributed by atoms with Gasteiger partial charge in [-0.2, -0.15) is 5.10 Å². The molecule has 2 heterocycles. The molecule has 0 radical (unpaired) electrons. The molecule has 0 aliphatic carbocycles. The van der Waals surface area contributed by atoms with E-state index in [0.717, 1.165) is 29.2 Å². The Balaban J connectivity index is 0.00000261. The molecule has 1 aromatic heterocycles. The lowest BCUT2D eigenvalue weighted by atomic mass is 9.90. The Hall–Kier alpha value is -2.25. The molecule has 1 aliphatic heterocycles. The number of aryl methyl sites for hydroxylation is 1. The summed E-state index contributed by atoms with van der Waals surface area (Å²) >= 11 is 0. The average Bonchev–Trinajstić information content (AvgIpc) is 3.30. The van der Waals surface area contributed by atoms with Gasteiger partial charge in [0, 0.05) is 44.9 Å². The molecule has 1 fully saturated rings. The molecule has 1 aromatic carbocycles. The number of benzene rings is 1. The first kappa shape index (κ1) is 21.1. The topological polar surface area (TPSA) is 77.4 Å². The molecule has 27 heavy (non-hydrogen) atoms. The van der Waals surface area contributed by atoms with E-state index in [0.29, 0.717) is 19.5 Å². The zero-order chi connectivity index (χ0) is 18.5. The van der Waals surface area contributed by atoms with Crippen LogP contribution in [0.1, 0.15) is 17.0 Å². The summed E-state index contributed by atoms with van der Waals surface area (Å²) in [6.07, 6.45) is 4.54. The van der Waals surface area contributed by atoms with Gasteiger partial charge < -0.3 is 20.1 Å². The van der Waals surface area contributed by atoms with Gasteiger partial charge in [0.15, 0.2) is 0 Å². The molecule has 3 rings (SSSR count). The summed E-state index contributed by atoms with van der Waals surface area (Å²) < 4.78 is 12.4. The van der Waals surface area contributed by atoms with Crippen molar-refractivity contribution in [2.45, 2.75) is 12.3 Å². The van der Waals surface area contributed by atoms with E-state index in [1.807, 2.05) is 37.6 Å². The first-order valence-electron chi connectivity index (χ1n) is 8.80. The van der Waals surface area contributed by atoms with Crippen molar-refractivity contribution in [1.29, 1.82) is 0 Å². The van der Waals surface area contributed by atoms with Crippen LogP contribution in [0.15, 0.2) is 30.6 Å². The fourth-order valence-electron chi connectivity index (χ4n) is 3.45. The number of hydrogen-bond acceptors (Lipinski definition) is 5. The summed E-state index contributed by atoms with van der Waals surface area (Å²) in [5.41, 5.74) is 2.15. The molecule has 7 nitrogen and oxygen atoms in total. The minimum Gasteiger partial charge on any atom is -0.497 e. The first-order valence-corrected chi connectivity index (χ1v) is 8.80. The van der Waals surface area contributed by atoms with Crippen LogP contribution >= 0.6 is 12.4 Å². The summed E-state index contributed by atoms with van der Waals surface area (Å²) in [5.74, 6) is 1.70. The lowest BCUT2D eigenvalue weighted by molar-refractivity contribution is -0.124. The fraction of sp³-hybridized carbons (Fsp3) is 0.474. The van der Waals surface area contributed by atoms with Crippen molar-refractivity contribution in [3.05, 3.63) is 41.7 Å². The first-order chi connectivity index (χ1) is 12.6. The highest BCUT2D eigenvalue weighted by atomic mass is 35.5. The third kappa shape index (κ3) is 4.93. The van der Waals surface area contributed by atoms with Crippen molar-refractivity contribution in [3.8, 4) is 11.5 Å². The maximum Gasteiger partial charge on any atom is 0.225 e. The molecule has 0 spiro atoms. The van der Waals surface area contributed by atoms with Crippen LogP contribution in [-0.4, -0.2) is 49.5 Å². The molecule has 1 amide bonds. The molecule has 0 bridgehead atoms. The minimum absolute atomic E-state index is 0. The van der Waals surface area contributed by atoms with E-state index in [1.165, 1.54) is 0 Å². The van der Waals surface area contributed by atoms with E-state index in [1.54, 1.807) is 18.9 Å². The highest BCUT2D eigenvalue weighted by molar-refractivity contribution is 5.85. The van der Waals surface area contributed by atoms with Crippen LogP contribution in [0.2, 0.25) is 0 Å². The second-order valence-electron chi connectivity index (χ2n) is 6.54. The number of carbonyl (C=O) groups excluding carboxylic acids is 1. The van der Waals surface area contributed by atoms with Crippen molar-refractivity contribution in [2.75, 3.05) is 33.9 Å². The molecule has 2 atom stereocenters. The van der Waals surface area contributed by atoms with E-state index in [2.05, 4.69) is 15.7 Å². The molecular weight excluding hydrogens is 368 g/mol. The molecular formula is C19H27ClN4O3. The van der Waals surface area contributed by atoms with E-state index < -0.39 is 0 Å². The monoisotopic (exact) mass is 394 g/mol. The largest absolute Gasteiger partial charge is 0.497 e. The smallest absolute Gasteiger partial charge is 0.225 e. The molecule has 0 unspecified atom stereocenters. The number of aromatic nitrogens is 2. The molecule has 2 aromatic rings. The summed E-state index contributed by atoms with van der Waals surface area (Å²) in [4.78, 5) is 12.7. The number of carbonyl (C=O) groups is 1. The van der Waals surface area contributed by atoms with Crippen LogP contribution in [0.25, 0.3) is 0 Å². The summed E-state index contributed by atoms with van der Waals surface area (Å²) in [7, 11) is 5.16. The predicted molar refractivity (Wildman–Crippen MR) is 106 cm³/mol. The zero-order valence-electron chi connectivity index (χ0n) is 15.9. The number of nitrogens with zero attached hydrogens (tertiary/aromatic N) is 2. The number of rotatable bonds is 7. The minimum atomic E-state index is -0.0723. The van der Waals surface area contributed by atoms with Crippen LogP contribution in [-0.2, 0) is 18.3 Å². The van der Waals surface area contributed by atoms with Crippen molar-refractivity contribution < 1.29 is 14.3 Å². The number of halogens is 1. The van der Waals surface area contributed by atoms with Gasteiger partial charge >= 0.3 is 0 Å². The molecule has 1 saturated heterocycles. The van der Waals surface area contributed by atoms with Crippen molar-refractivity contribution in [1.82, 2.24) is 20.4 Å². The highest BCUT2D eigenvalue weighted by Gasteiger charge is 2.34. The molecule has 2 N–H and O–H groups in total. The maximum absolute atomic E-state index is 12.7. The number of amides is 1.